The maximum absolute atomic E-state index is 10.8. The van der Waals surface area contributed by atoms with Gasteiger partial charge in [-0.3, -0.25) is 4.79 Å². The fourth-order valence-electron chi connectivity index (χ4n) is 1.44. The average molecular weight is 185 g/mol. The van der Waals surface area contributed by atoms with Gasteiger partial charge in [-0.1, -0.05) is 13.8 Å². The van der Waals surface area contributed by atoms with Crippen molar-refractivity contribution in [3.05, 3.63) is 0 Å². The smallest absolute Gasteiger partial charge is 0.307 e. The lowest BCUT2D eigenvalue weighted by molar-refractivity contribution is -0.142. The van der Waals surface area contributed by atoms with Crippen molar-refractivity contribution in [1.29, 1.82) is 0 Å². The predicted octanol–water partition coefficient (Wildman–Crippen LogP) is 1.49. The molecule has 0 amide bonds. The average Bonchev–Trinajstić information content (AvgIpc) is 2.79. The van der Waals surface area contributed by atoms with Crippen LogP contribution in [0.4, 0.5) is 0 Å². The van der Waals surface area contributed by atoms with E-state index >= 15 is 0 Å². The van der Waals surface area contributed by atoms with Gasteiger partial charge in [0, 0.05) is 12.6 Å². The van der Waals surface area contributed by atoms with E-state index in [9.17, 15) is 4.79 Å². The molecule has 0 radical (unpaired) electrons. The van der Waals surface area contributed by atoms with Crippen molar-refractivity contribution in [3.63, 3.8) is 0 Å². The van der Waals surface area contributed by atoms with E-state index in [0.717, 1.165) is 6.42 Å². The second kappa shape index (κ2) is 4.61. The van der Waals surface area contributed by atoms with Crippen molar-refractivity contribution in [2.24, 2.45) is 11.8 Å². The molecule has 1 saturated carbocycles. The molecule has 0 aromatic heterocycles. The molecule has 1 fully saturated rings. The highest BCUT2D eigenvalue weighted by Crippen LogP contribution is 2.20. The van der Waals surface area contributed by atoms with Crippen LogP contribution in [0.2, 0.25) is 0 Å². The van der Waals surface area contributed by atoms with E-state index in [1.165, 1.54) is 12.8 Å². The highest BCUT2D eigenvalue weighted by Gasteiger charge is 2.24. The Morgan fingerprint density at radius 2 is 2.15 bits per heavy atom. The van der Waals surface area contributed by atoms with E-state index in [1.54, 1.807) is 0 Å². The third kappa shape index (κ3) is 4.27. The Bertz CT molecular complexity index is 176. The van der Waals surface area contributed by atoms with Crippen LogP contribution in [-0.4, -0.2) is 23.7 Å². The molecule has 0 bridgehead atoms. The minimum absolute atomic E-state index is 0.208. The van der Waals surface area contributed by atoms with Crippen LogP contribution in [0.25, 0.3) is 0 Å². The zero-order chi connectivity index (χ0) is 9.84. The van der Waals surface area contributed by atoms with Gasteiger partial charge in [-0.05, 0) is 25.2 Å². The fourth-order valence-corrected chi connectivity index (χ4v) is 1.44. The zero-order valence-electron chi connectivity index (χ0n) is 8.42. The summed E-state index contributed by atoms with van der Waals surface area (Å²) >= 11 is 0. The van der Waals surface area contributed by atoms with Gasteiger partial charge in [-0.2, -0.15) is 0 Å². The Labute approximate surface area is 79.5 Å². The SMILES string of the molecule is CC(C)CC(CNC1CC1)C(=O)O. The molecule has 0 saturated heterocycles. The minimum atomic E-state index is -0.665. The van der Waals surface area contributed by atoms with E-state index in [4.69, 9.17) is 5.11 Å². The summed E-state index contributed by atoms with van der Waals surface area (Å²) in [7, 11) is 0. The number of hydrogen-bond acceptors (Lipinski definition) is 2. The third-order valence-electron chi connectivity index (χ3n) is 2.34. The summed E-state index contributed by atoms with van der Waals surface area (Å²) < 4.78 is 0. The van der Waals surface area contributed by atoms with Crippen molar-refractivity contribution < 1.29 is 9.90 Å². The second-order valence-electron chi connectivity index (χ2n) is 4.35. The predicted molar refractivity (Wildman–Crippen MR) is 51.6 cm³/mol. The lowest BCUT2D eigenvalue weighted by Crippen LogP contribution is -2.30. The van der Waals surface area contributed by atoms with E-state index in [0.29, 0.717) is 18.5 Å². The molecule has 3 nitrogen and oxygen atoms in total. The minimum Gasteiger partial charge on any atom is -0.481 e. The molecule has 13 heavy (non-hydrogen) atoms. The van der Waals surface area contributed by atoms with Gasteiger partial charge >= 0.3 is 5.97 Å². The molecule has 1 unspecified atom stereocenters. The Hall–Kier alpha value is -0.570. The van der Waals surface area contributed by atoms with Crippen LogP contribution < -0.4 is 5.32 Å². The third-order valence-corrected chi connectivity index (χ3v) is 2.34. The van der Waals surface area contributed by atoms with Crippen LogP contribution in [0.3, 0.4) is 0 Å². The van der Waals surface area contributed by atoms with Gasteiger partial charge < -0.3 is 10.4 Å². The van der Waals surface area contributed by atoms with Crippen LogP contribution in [0.1, 0.15) is 33.1 Å². The van der Waals surface area contributed by atoms with Crippen LogP contribution in [0, 0.1) is 11.8 Å². The van der Waals surface area contributed by atoms with Crippen LogP contribution in [0.15, 0.2) is 0 Å². The summed E-state index contributed by atoms with van der Waals surface area (Å²) in [5, 5.41) is 12.2. The maximum Gasteiger partial charge on any atom is 0.307 e. The highest BCUT2D eigenvalue weighted by molar-refractivity contribution is 5.70. The summed E-state index contributed by atoms with van der Waals surface area (Å²) in [6.07, 6.45) is 3.21. The summed E-state index contributed by atoms with van der Waals surface area (Å²) in [5.41, 5.74) is 0. The fraction of sp³-hybridized carbons (Fsp3) is 0.900. The quantitative estimate of drug-likeness (QED) is 0.659. The molecule has 0 heterocycles. The number of carbonyl (C=O) groups is 1. The first-order chi connectivity index (χ1) is 6.09. The normalized spacial score (nSPS) is 19.0. The van der Waals surface area contributed by atoms with Crippen molar-refractivity contribution >= 4 is 5.97 Å². The van der Waals surface area contributed by atoms with Gasteiger partial charge in [-0.25, -0.2) is 0 Å². The first-order valence-electron chi connectivity index (χ1n) is 5.05. The van der Waals surface area contributed by atoms with Crippen molar-refractivity contribution in [2.75, 3.05) is 6.54 Å². The standard InChI is InChI=1S/C10H19NO2/c1-7(2)5-8(10(12)13)6-11-9-3-4-9/h7-9,11H,3-6H2,1-2H3,(H,12,13). The van der Waals surface area contributed by atoms with Crippen molar-refractivity contribution in [3.8, 4) is 0 Å². The lowest BCUT2D eigenvalue weighted by Gasteiger charge is -2.14. The molecular weight excluding hydrogens is 166 g/mol. The number of hydrogen-bond donors (Lipinski definition) is 2. The molecule has 0 aromatic carbocycles. The number of nitrogens with one attached hydrogen (secondary N) is 1. The topological polar surface area (TPSA) is 49.3 Å². The number of rotatable bonds is 6. The Balaban J connectivity index is 2.23. The van der Waals surface area contributed by atoms with Gasteiger partial charge in [0.25, 0.3) is 0 Å². The molecule has 0 aliphatic heterocycles. The molecule has 2 N–H and O–H groups in total. The highest BCUT2D eigenvalue weighted by atomic mass is 16.4. The molecule has 1 aliphatic rings. The summed E-state index contributed by atoms with van der Waals surface area (Å²) in [6, 6.07) is 0.606. The molecule has 1 atom stereocenters. The summed E-state index contributed by atoms with van der Waals surface area (Å²) in [4.78, 5) is 10.8. The van der Waals surface area contributed by atoms with Gasteiger partial charge in [0.15, 0.2) is 0 Å². The van der Waals surface area contributed by atoms with Gasteiger partial charge in [0.1, 0.15) is 0 Å². The van der Waals surface area contributed by atoms with E-state index in [1.807, 2.05) is 0 Å². The first kappa shape index (κ1) is 10.5. The summed E-state index contributed by atoms with van der Waals surface area (Å²) in [5.74, 6) is -0.412. The number of aliphatic carboxylic acids is 1. The number of carboxylic acids is 1. The van der Waals surface area contributed by atoms with E-state index in [2.05, 4.69) is 19.2 Å². The summed E-state index contributed by atoms with van der Waals surface area (Å²) in [6.45, 7) is 4.76. The Morgan fingerprint density at radius 3 is 2.54 bits per heavy atom. The Morgan fingerprint density at radius 1 is 1.54 bits per heavy atom. The number of carboxylic acid groups (broad SMARTS) is 1. The zero-order valence-corrected chi connectivity index (χ0v) is 8.42. The van der Waals surface area contributed by atoms with Gasteiger partial charge in [0.05, 0.1) is 5.92 Å². The van der Waals surface area contributed by atoms with Crippen LogP contribution in [0.5, 0.6) is 0 Å². The monoisotopic (exact) mass is 185 g/mol. The van der Waals surface area contributed by atoms with Crippen LogP contribution in [-0.2, 0) is 4.79 Å². The molecular formula is C10H19NO2. The molecule has 1 rings (SSSR count). The molecule has 0 spiro atoms. The van der Waals surface area contributed by atoms with E-state index in [-0.39, 0.29) is 5.92 Å². The van der Waals surface area contributed by atoms with Gasteiger partial charge in [-0.15, -0.1) is 0 Å². The molecule has 76 valence electrons. The lowest BCUT2D eigenvalue weighted by atomic mass is 9.97. The molecule has 0 aromatic rings. The van der Waals surface area contributed by atoms with Crippen molar-refractivity contribution in [1.82, 2.24) is 5.32 Å². The first-order valence-corrected chi connectivity index (χ1v) is 5.05. The Kier molecular flexibility index (Phi) is 3.72. The maximum atomic E-state index is 10.8. The largest absolute Gasteiger partial charge is 0.481 e. The van der Waals surface area contributed by atoms with Crippen LogP contribution >= 0.6 is 0 Å². The van der Waals surface area contributed by atoms with Crippen molar-refractivity contribution in [2.45, 2.75) is 39.2 Å². The van der Waals surface area contributed by atoms with E-state index < -0.39 is 5.97 Å². The second-order valence-corrected chi connectivity index (χ2v) is 4.35. The molecule has 3 heteroatoms. The van der Waals surface area contributed by atoms with Gasteiger partial charge in [0.2, 0.25) is 0 Å². The molecule has 1 aliphatic carbocycles.